The minimum absolute atomic E-state index is 0.160. The molecule has 43 heavy (non-hydrogen) atoms. The van der Waals surface area contributed by atoms with Crippen LogP contribution in [0.25, 0.3) is 22.5 Å². The predicted octanol–water partition coefficient (Wildman–Crippen LogP) is 6.28. The third-order valence-corrected chi connectivity index (χ3v) is 8.15. The Balaban J connectivity index is 1.49. The molecule has 3 heterocycles. The van der Waals surface area contributed by atoms with E-state index in [0.29, 0.717) is 40.4 Å². The van der Waals surface area contributed by atoms with E-state index in [2.05, 4.69) is 55.5 Å². The lowest BCUT2D eigenvalue weighted by Gasteiger charge is -2.17. The molecule has 0 saturated heterocycles. The molecule has 10 nitrogen and oxygen atoms in total. The number of hydrogen-bond donors (Lipinski definition) is 1. The van der Waals surface area contributed by atoms with Gasteiger partial charge in [-0.25, -0.2) is 4.98 Å². The van der Waals surface area contributed by atoms with E-state index in [1.54, 1.807) is 22.9 Å². The zero-order valence-electron chi connectivity index (χ0n) is 24.2. The summed E-state index contributed by atoms with van der Waals surface area (Å²) in [7, 11) is 0. The number of pyridine rings is 1. The first kappa shape index (κ1) is 30.8. The molecule has 0 saturated carbocycles. The molecule has 0 aliphatic rings. The second-order valence-electron chi connectivity index (χ2n) is 10.1. The van der Waals surface area contributed by atoms with Gasteiger partial charge < -0.3 is 19.6 Å². The zero-order valence-corrected chi connectivity index (χ0v) is 26.5. The summed E-state index contributed by atoms with van der Waals surface area (Å²) in [5.41, 5.74) is 4.40. The number of tetrazole rings is 1. The highest BCUT2D eigenvalue weighted by atomic mass is 79.9. The molecule has 2 atom stereocenters. The summed E-state index contributed by atoms with van der Waals surface area (Å²) in [5, 5.41) is 36.6. The summed E-state index contributed by atoms with van der Waals surface area (Å²) in [6, 6.07) is 21.1. The molecule has 0 bridgehead atoms. The van der Waals surface area contributed by atoms with Crippen molar-refractivity contribution in [2.24, 2.45) is 0 Å². The van der Waals surface area contributed by atoms with Crippen LogP contribution in [0.3, 0.4) is 0 Å². The van der Waals surface area contributed by atoms with Crippen molar-refractivity contribution < 1.29 is 14.6 Å². The van der Waals surface area contributed by atoms with Crippen LogP contribution in [-0.2, 0) is 17.7 Å². The van der Waals surface area contributed by atoms with E-state index in [-0.39, 0.29) is 17.1 Å². The minimum Gasteiger partial charge on any atom is -0.618 e. The molecule has 0 fully saturated rings. The molecule has 0 radical (unpaired) electrons. The average Bonchev–Trinajstić information content (AvgIpc) is 3.62. The first-order valence-electron chi connectivity index (χ1n) is 14.2. The van der Waals surface area contributed by atoms with Gasteiger partial charge in [-0.2, -0.15) is 9.41 Å². The summed E-state index contributed by atoms with van der Waals surface area (Å²) >= 11 is 9.86. The molecule has 2 unspecified atom stereocenters. The van der Waals surface area contributed by atoms with E-state index in [1.807, 2.05) is 54.8 Å². The third kappa shape index (κ3) is 6.50. The van der Waals surface area contributed by atoms with Crippen LogP contribution in [0.5, 0.6) is 0 Å². The van der Waals surface area contributed by atoms with Crippen molar-refractivity contribution in [1.29, 1.82) is 0 Å². The molecule has 0 spiro atoms. The fraction of sp³-hybridized carbons (Fsp3) is 0.323. The summed E-state index contributed by atoms with van der Waals surface area (Å²) in [5.74, 6) is 1.38. The van der Waals surface area contributed by atoms with Gasteiger partial charge in [-0.15, -0.1) is 5.10 Å². The normalized spacial score (nSPS) is 12.9. The van der Waals surface area contributed by atoms with Gasteiger partial charge >= 0.3 is 0 Å². The molecule has 0 aliphatic carbocycles. The number of unbranched alkanes of at least 4 members (excludes halogenated alkanes) is 1. The van der Waals surface area contributed by atoms with Gasteiger partial charge in [0.1, 0.15) is 5.82 Å². The monoisotopic (exact) mass is 665 g/mol. The molecule has 2 aromatic carbocycles. The fourth-order valence-corrected chi connectivity index (χ4v) is 5.76. The summed E-state index contributed by atoms with van der Waals surface area (Å²) in [4.78, 5) is 4.60. The first-order chi connectivity index (χ1) is 20.8. The molecular formula is C31H33BrClN7O3. The van der Waals surface area contributed by atoms with Crippen LogP contribution in [0, 0.1) is 5.21 Å². The molecule has 0 aliphatic heterocycles. The fourth-order valence-electron chi connectivity index (χ4n) is 5.10. The quantitative estimate of drug-likeness (QED) is 0.0946. The van der Waals surface area contributed by atoms with Gasteiger partial charge in [0.2, 0.25) is 5.69 Å². The number of ether oxygens (including phenoxy) is 1. The standard InChI is InChI=1S/C31H33BrClN7O3/c1-4-6-14-27-34-30(33)28(29(41)25-12-9-13-26(32)40(25)42)38(27)19-21-15-17-22(18-16-21)23-10-7-8-11-24(23)31-35-36-37-39(31)20(3)43-5-2/h7-13,15-18,20,29,41H,4-6,14,19H2,1-3H3. The van der Waals surface area contributed by atoms with Crippen molar-refractivity contribution >= 4 is 27.5 Å². The van der Waals surface area contributed by atoms with Crippen LogP contribution < -0.4 is 4.73 Å². The van der Waals surface area contributed by atoms with Crippen molar-refractivity contribution in [2.45, 2.75) is 58.9 Å². The highest BCUT2D eigenvalue weighted by molar-refractivity contribution is 9.10. The van der Waals surface area contributed by atoms with Gasteiger partial charge in [-0.05, 0) is 53.5 Å². The maximum absolute atomic E-state index is 12.7. The topological polar surface area (TPSA) is 118 Å². The largest absolute Gasteiger partial charge is 0.618 e. The highest BCUT2D eigenvalue weighted by Gasteiger charge is 2.29. The Morgan fingerprint density at radius 1 is 1.05 bits per heavy atom. The number of aliphatic hydroxyl groups is 1. The van der Waals surface area contributed by atoms with E-state index in [9.17, 15) is 10.3 Å². The van der Waals surface area contributed by atoms with Crippen molar-refractivity contribution in [1.82, 2.24) is 29.8 Å². The van der Waals surface area contributed by atoms with E-state index in [4.69, 9.17) is 16.3 Å². The number of nitrogens with zero attached hydrogens (tertiary/aromatic N) is 7. The van der Waals surface area contributed by atoms with Gasteiger partial charge in [-0.1, -0.05) is 73.5 Å². The number of imidazole rings is 1. The Morgan fingerprint density at radius 3 is 2.51 bits per heavy atom. The predicted molar refractivity (Wildman–Crippen MR) is 167 cm³/mol. The average molecular weight is 667 g/mol. The van der Waals surface area contributed by atoms with Crippen molar-refractivity contribution in [3.8, 4) is 22.5 Å². The van der Waals surface area contributed by atoms with Crippen molar-refractivity contribution in [2.75, 3.05) is 6.61 Å². The van der Waals surface area contributed by atoms with Gasteiger partial charge in [0.25, 0.3) is 4.60 Å². The van der Waals surface area contributed by atoms with Crippen LogP contribution in [0.15, 0.2) is 71.3 Å². The number of rotatable bonds is 12. The number of aromatic nitrogens is 7. The number of aliphatic hydroxyl groups excluding tert-OH is 1. The number of hydrogen-bond acceptors (Lipinski definition) is 7. The Labute approximate surface area is 263 Å². The number of benzene rings is 2. The molecule has 5 rings (SSSR count). The Morgan fingerprint density at radius 2 is 1.79 bits per heavy atom. The van der Waals surface area contributed by atoms with Gasteiger partial charge in [0, 0.05) is 53.2 Å². The van der Waals surface area contributed by atoms with E-state index >= 15 is 0 Å². The maximum Gasteiger partial charge on any atom is 0.259 e. The molecule has 224 valence electrons. The molecule has 5 aromatic rings. The molecule has 12 heteroatoms. The van der Waals surface area contributed by atoms with E-state index < -0.39 is 6.10 Å². The lowest BCUT2D eigenvalue weighted by molar-refractivity contribution is -0.629. The van der Waals surface area contributed by atoms with Gasteiger partial charge in [0.05, 0.1) is 5.69 Å². The summed E-state index contributed by atoms with van der Waals surface area (Å²) in [6.07, 6.45) is 1.01. The van der Waals surface area contributed by atoms with Crippen LogP contribution >= 0.6 is 27.5 Å². The van der Waals surface area contributed by atoms with Crippen LogP contribution in [0.2, 0.25) is 5.15 Å². The maximum atomic E-state index is 12.7. The molecule has 1 N–H and O–H groups in total. The smallest absolute Gasteiger partial charge is 0.259 e. The van der Waals surface area contributed by atoms with Crippen LogP contribution in [-0.4, -0.2) is 41.5 Å². The lowest BCUT2D eigenvalue weighted by atomic mass is 9.98. The van der Waals surface area contributed by atoms with Gasteiger partial charge in [-0.3, -0.25) is 0 Å². The third-order valence-electron chi connectivity index (χ3n) is 7.28. The lowest BCUT2D eigenvalue weighted by Crippen LogP contribution is -2.35. The van der Waals surface area contributed by atoms with Gasteiger partial charge in [0.15, 0.2) is 23.3 Å². The highest BCUT2D eigenvalue weighted by Crippen LogP contribution is 2.33. The molecular weight excluding hydrogens is 634 g/mol. The number of halogens is 2. The number of aryl methyl sites for hydroxylation is 1. The van der Waals surface area contributed by atoms with Crippen LogP contribution in [0.4, 0.5) is 0 Å². The summed E-state index contributed by atoms with van der Waals surface area (Å²) in [6.45, 7) is 6.93. The zero-order chi connectivity index (χ0) is 30.5. The Hall–Kier alpha value is -3.64. The van der Waals surface area contributed by atoms with E-state index in [0.717, 1.165) is 40.9 Å². The molecule has 3 aromatic heterocycles. The van der Waals surface area contributed by atoms with Crippen molar-refractivity contribution in [3.05, 3.63) is 104 Å². The Kier molecular flexibility index (Phi) is 9.86. The van der Waals surface area contributed by atoms with Crippen molar-refractivity contribution in [3.63, 3.8) is 0 Å². The van der Waals surface area contributed by atoms with Crippen LogP contribution in [0.1, 0.15) is 68.7 Å². The summed E-state index contributed by atoms with van der Waals surface area (Å²) < 4.78 is 10.3. The van der Waals surface area contributed by atoms with E-state index in [1.165, 1.54) is 0 Å². The Bertz CT molecular complexity index is 1690. The second-order valence-corrected chi connectivity index (χ2v) is 11.3. The first-order valence-corrected chi connectivity index (χ1v) is 15.4. The molecule has 0 amide bonds. The minimum atomic E-state index is -1.26. The SMILES string of the molecule is CCCCc1nc(Cl)c(C(O)c2cccc(Br)[n+]2[O-])n1Cc1ccc(-c2ccccc2-c2nnnn2C(C)OCC)cc1. The second kappa shape index (κ2) is 13.8.